The van der Waals surface area contributed by atoms with Gasteiger partial charge in [-0.15, -0.1) is 0 Å². The number of amides is 3. The van der Waals surface area contributed by atoms with Crippen LogP contribution in [0.4, 0.5) is 4.39 Å². The van der Waals surface area contributed by atoms with Crippen molar-refractivity contribution < 1.29 is 38.1 Å². The molecule has 12 heteroatoms. The normalized spacial score (nSPS) is 19.2. The van der Waals surface area contributed by atoms with Crippen molar-refractivity contribution in [2.75, 3.05) is 41.4 Å². The number of ether oxygens (including phenoxy) is 2. The third-order valence-corrected chi connectivity index (χ3v) is 8.60. The smallest absolute Gasteiger partial charge is 0.326 e. The molecule has 0 spiro atoms. The summed E-state index contributed by atoms with van der Waals surface area (Å²) >= 11 is 0. The van der Waals surface area contributed by atoms with Crippen molar-refractivity contribution in [3.8, 4) is 0 Å². The SMILES string of the molecule is CC[C@H](C)[C@@H](C(CC(=O)N1CCCC1C(OC)[C@@H](C)C(=O)N[C@@H](Cc1ccc(F)cc1)C(=O)O)OC)N(C)C(=O)CNC. The second kappa shape index (κ2) is 17.3. The van der Waals surface area contributed by atoms with E-state index < -0.39 is 47.9 Å². The molecule has 3 N–H and O–H groups in total. The van der Waals surface area contributed by atoms with E-state index in [1.165, 1.54) is 31.4 Å². The van der Waals surface area contributed by atoms with Crippen LogP contribution in [0, 0.1) is 17.7 Å². The molecule has 0 radical (unpaired) electrons. The quantitative estimate of drug-likeness (QED) is 0.245. The Morgan fingerprint density at radius 2 is 1.79 bits per heavy atom. The molecular weight excluding hydrogens is 559 g/mol. The van der Waals surface area contributed by atoms with E-state index in [2.05, 4.69) is 10.6 Å². The minimum atomic E-state index is -1.22. The summed E-state index contributed by atoms with van der Waals surface area (Å²) in [6.07, 6.45) is 0.943. The lowest BCUT2D eigenvalue weighted by Crippen LogP contribution is -2.54. The molecule has 1 aliphatic rings. The number of carboxylic acids is 1. The van der Waals surface area contributed by atoms with E-state index in [9.17, 15) is 28.7 Å². The number of carbonyl (C=O) groups is 4. The Balaban J connectivity index is 2.17. The van der Waals surface area contributed by atoms with Gasteiger partial charge in [0.25, 0.3) is 0 Å². The Labute approximate surface area is 254 Å². The van der Waals surface area contributed by atoms with Crippen LogP contribution in [0.1, 0.15) is 52.0 Å². The summed E-state index contributed by atoms with van der Waals surface area (Å²) in [4.78, 5) is 55.0. The summed E-state index contributed by atoms with van der Waals surface area (Å²) in [6.45, 7) is 6.37. The third kappa shape index (κ3) is 9.70. The molecule has 1 saturated heterocycles. The number of likely N-dealkylation sites (N-methyl/N-ethyl adjacent to an activating group) is 2. The zero-order chi connectivity index (χ0) is 32.3. The van der Waals surface area contributed by atoms with Gasteiger partial charge in [0.1, 0.15) is 11.9 Å². The molecule has 0 saturated carbocycles. The molecule has 0 aliphatic carbocycles. The van der Waals surface area contributed by atoms with E-state index in [4.69, 9.17) is 9.47 Å². The first kappa shape index (κ1) is 36.1. The first-order valence-electron chi connectivity index (χ1n) is 14.9. The number of nitrogens with zero attached hydrogens (tertiary/aromatic N) is 2. The van der Waals surface area contributed by atoms with Crippen LogP contribution in [-0.2, 0) is 35.1 Å². The summed E-state index contributed by atoms with van der Waals surface area (Å²) in [5.74, 6) is -3.12. The van der Waals surface area contributed by atoms with Crippen molar-refractivity contribution >= 4 is 23.7 Å². The maximum atomic E-state index is 13.7. The van der Waals surface area contributed by atoms with Gasteiger partial charge in [0, 0.05) is 34.2 Å². The molecule has 1 aromatic carbocycles. The number of likely N-dealkylation sites (tertiary alicyclic amines) is 1. The van der Waals surface area contributed by atoms with Crippen LogP contribution >= 0.6 is 0 Å². The van der Waals surface area contributed by atoms with Gasteiger partial charge in [-0.1, -0.05) is 39.3 Å². The molecule has 1 aliphatic heterocycles. The van der Waals surface area contributed by atoms with E-state index in [1.807, 2.05) is 13.8 Å². The molecule has 11 nitrogen and oxygen atoms in total. The van der Waals surface area contributed by atoms with E-state index in [-0.39, 0.29) is 43.2 Å². The number of halogens is 1. The molecule has 0 bridgehead atoms. The average molecular weight is 609 g/mol. The van der Waals surface area contributed by atoms with E-state index in [0.29, 0.717) is 18.5 Å². The number of carbonyl (C=O) groups excluding carboxylic acids is 3. The Hall–Kier alpha value is -3.09. The predicted octanol–water partition coefficient (Wildman–Crippen LogP) is 2.08. The van der Waals surface area contributed by atoms with Gasteiger partial charge < -0.3 is 35.0 Å². The maximum Gasteiger partial charge on any atom is 0.326 e. The van der Waals surface area contributed by atoms with Gasteiger partial charge in [-0.25, -0.2) is 9.18 Å². The number of nitrogens with one attached hydrogen (secondary N) is 2. The fraction of sp³-hybridized carbons (Fsp3) is 0.677. The van der Waals surface area contributed by atoms with Gasteiger partial charge in [0.05, 0.1) is 43.2 Å². The van der Waals surface area contributed by atoms with Crippen molar-refractivity contribution in [3.63, 3.8) is 0 Å². The van der Waals surface area contributed by atoms with Crippen LogP contribution in [-0.4, -0.2) is 110 Å². The molecule has 7 atom stereocenters. The van der Waals surface area contributed by atoms with Crippen LogP contribution in [0.15, 0.2) is 24.3 Å². The maximum absolute atomic E-state index is 13.7. The lowest BCUT2D eigenvalue weighted by atomic mass is 9.90. The minimum absolute atomic E-state index is 0.0131. The molecule has 1 heterocycles. The number of aliphatic carboxylic acids is 1. The zero-order valence-electron chi connectivity index (χ0n) is 26.5. The average Bonchev–Trinajstić information content (AvgIpc) is 3.47. The Kier molecular flexibility index (Phi) is 14.5. The van der Waals surface area contributed by atoms with Crippen LogP contribution < -0.4 is 10.6 Å². The van der Waals surface area contributed by atoms with Gasteiger partial charge in [-0.2, -0.15) is 0 Å². The fourth-order valence-electron chi connectivity index (χ4n) is 5.96. The molecule has 1 aromatic rings. The number of rotatable bonds is 17. The monoisotopic (exact) mass is 608 g/mol. The molecule has 0 aromatic heterocycles. The number of benzene rings is 1. The van der Waals surface area contributed by atoms with Crippen molar-refractivity contribution in [2.45, 2.75) is 83.2 Å². The van der Waals surface area contributed by atoms with Crippen LogP contribution in [0.2, 0.25) is 0 Å². The van der Waals surface area contributed by atoms with Crippen molar-refractivity contribution in [1.29, 1.82) is 0 Å². The lowest BCUT2D eigenvalue weighted by molar-refractivity contribution is -0.146. The van der Waals surface area contributed by atoms with Crippen molar-refractivity contribution in [1.82, 2.24) is 20.4 Å². The third-order valence-electron chi connectivity index (χ3n) is 8.60. The first-order valence-corrected chi connectivity index (χ1v) is 14.9. The zero-order valence-corrected chi connectivity index (χ0v) is 26.5. The number of carboxylic acid groups (broad SMARTS) is 1. The molecule has 3 amide bonds. The topological polar surface area (TPSA) is 138 Å². The van der Waals surface area contributed by atoms with E-state index in [1.54, 1.807) is 37.9 Å². The highest BCUT2D eigenvalue weighted by Crippen LogP contribution is 2.29. The Morgan fingerprint density at radius 1 is 1.14 bits per heavy atom. The molecular formula is C31H49FN4O7. The van der Waals surface area contributed by atoms with Gasteiger partial charge in [-0.3, -0.25) is 14.4 Å². The van der Waals surface area contributed by atoms with Crippen molar-refractivity contribution in [3.05, 3.63) is 35.6 Å². The van der Waals surface area contributed by atoms with Gasteiger partial charge in [0.15, 0.2) is 0 Å². The second-order valence-electron chi connectivity index (χ2n) is 11.4. The largest absolute Gasteiger partial charge is 0.480 e. The molecule has 43 heavy (non-hydrogen) atoms. The Morgan fingerprint density at radius 3 is 2.33 bits per heavy atom. The number of hydrogen-bond donors (Lipinski definition) is 3. The van der Waals surface area contributed by atoms with Gasteiger partial charge in [0.2, 0.25) is 17.7 Å². The van der Waals surface area contributed by atoms with Crippen LogP contribution in [0.5, 0.6) is 0 Å². The fourth-order valence-corrected chi connectivity index (χ4v) is 5.96. The van der Waals surface area contributed by atoms with Gasteiger partial charge >= 0.3 is 5.97 Å². The Bertz CT molecular complexity index is 1070. The van der Waals surface area contributed by atoms with Crippen LogP contribution in [0.25, 0.3) is 0 Å². The first-order chi connectivity index (χ1) is 20.4. The van der Waals surface area contributed by atoms with Crippen LogP contribution in [0.3, 0.4) is 0 Å². The molecule has 242 valence electrons. The minimum Gasteiger partial charge on any atom is -0.480 e. The summed E-state index contributed by atoms with van der Waals surface area (Å²) in [5, 5.41) is 15.2. The second-order valence-corrected chi connectivity index (χ2v) is 11.4. The highest BCUT2D eigenvalue weighted by atomic mass is 19.1. The van der Waals surface area contributed by atoms with Gasteiger partial charge in [-0.05, 0) is 43.5 Å². The number of hydrogen-bond acceptors (Lipinski definition) is 7. The lowest BCUT2D eigenvalue weighted by Gasteiger charge is -2.39. The molecule has 3 unspecified atom stereocenters. The predicted molar refractivity (Wildman–Crippen MR) is 160 cm³/mol. The highest BCUT2D eigenvalue weighted by Gasteiger charge is 2.42. The highest BCUT2D eigenvalue weighted by molar-refractivity contribution is 5.85. The van der Waals surface area contributed by atoms with E-state index in [0.717, 1.165) is 12.8 Å². The molecule has 2 rings (SSSR count). The summed E-state index contributed by atoms with van der Waals surface area (Å²) in [6, 6.07) is 3.50. The summed E-state index contributed by atoms with van der Waals surface area (Å²) < 4.78 is 24.9. The molecule has 1 fully saturated rings. The van der Waals surface area contributed by atoms with Crippen molar-refractivity contribution in [2.24, 2.45) is 11.8 Å². The summed E-state index contributed by atoms with van der Waals surface area (Å²) in [5.41, 5.74) is 0.569. The van der Waals surface area contributed by atoms with E-state index >= 15 is 0 Å². The summed E-state index contributed by atoms with van der Waals surface area (Å²) in [7, 11) is 6.45. The number of methoxy groups -OCH3 is 2. The standard InChI is InChI=1S/C31H49FN4O7/c1-8-19(2)28(35(5)27(38)18-33-4)25(42-6)17-26(37)36-15-9-10-24(36)29(43-7)20(3)30(39)34-23(31(40)41)16-21-11-13-22(32)14-12-21/h11-14,19-20,23-25,28-29,33H,8-10,15-18H2,1-7H3,(H,34,39)(H,40,41)/t19-,20+,23-,24?,25?,28-,29?/m0/s1.